The molecule has 1 saturated carbocycles. The molecular formula is C23H25BrCl2N2O3. The minimum absolute atomic E-state index is 0.167. The standard InChI is InChI=1S/C23H25BrCl2N2O3/c1-15(23(30)27-18-7-3-4-8-18)28(13-16-6-2-5-9-20(16)26)22(29)14-31-21-11-10-17(25)12-19(21)24/h2,5-6,9-12,15,18H,3-4,7-8,13-14H2,1H3,(H,27,30)/t15-/m0/s1. The summed E-state index contributed by atoms with van der Waals surface area (Å²) < 4.78 is 6.35. The minimum Gasteiger partial charge on any atom is -0.483 e. The van der Waals surface area contributed by atoms with Gasteiger partial charge >= 0.3 is 0 Å². The maximum absolute atomic E-state index is 13.1. The Balaban J connectivity index is 1.74. The van der Waals surface area contributed by atoms with Crippen LogP contribution in [0, 0.1) is 0 Å². The molecule has 1 aliphatic rings. The third-order valence-electron chi connectivity index (χ3n) is 5.41. The van der Waals surface area contributed by atoms with Crippen molar-refractivity contribution in [2.75, 3.05) is 6.61 Å². The number of carbonyl (C=O) groups is 2. The first kappa shape index (κ1) is 23.9. The Labute approximate surface area is 201 Å². The van der Waals surface area contributed by atoms with Crippen LogP contribution in [0.2, 0.25) is 10.0 Å². The van der Waals surface area contributed by atoms with Gasteiger partial charge in [0.2, 0.25) is 5.91 Å². The number of amides is 2. The van der Waals surface area contributed by atoms with Gasteiger partial charge in [-0.2, -0.15) is 0 Å². The lowest BCUT2D eigenvalue weighted by atomic mass is 10.1. The summed E-state index contributed by atoms with van der Waals surface area (Å²) in [6.07, 6.45) is 4.19. The first-order valence-corrected chi connectivity index (χ1v) is 11.8. The third-order valence-corrected chi connectivity index (χ3v) is 6.64. The van der Waals surface area contributed by atoms with Gasteiger partial charge in [0.25, 0.3) is 5.91 Å². The Morgan fingerprint density at radius 2 is 1.90 bits per heavy atom. The summed E-state index contributed by atoms with van der Waals surface area (Å²) in [4.78, 5) is 27.5. The van der Waals surface area contributed by atoms with Crippen LogP contribution in [0.5, 0.6) is 5.75 Å². The van der Waals surface area contributed by atoms with Crippen LogP contribution in [0.1, 0.15) is 38.2 Å². The van der Waals surface area contributed by atoms with Crippen molar-refractivity contribution >= 4 is 50.9 Å². The van der Waals surface area contributed by atoms with E-state index in [1.54, 1.807) is 31.2 Å². The average molecular weight is 528 g/mol. The van der Waals surface area contributed by atoms with Crippen molar-refractivity contribution in [1.29, 1.82) is 0 Å². The molecule has 0 radical (unpaired) electrons. The topological polar surface area (TPSA) is 58.6 Å². The summed E-state index contributed by atoms with van der Waals surface area (Å²) in [7, 11) is 0. The Hall–Kier alpha value is -1.76. The van der Waals surface area contributed by atoms with Crippen molar-refractivity contribution in [3.8, 4) is 5.75 Å². The predicted molar refractivity (Wildman–Crippen MR) is 127 cm³/mol. The molecule has 166 valence electrons. The van der Waals surface area contributed by atoms with E-state index in [1.165, 1.54) is 4.90 Å². The maximum Gasteiger partial charge on any atom is 0.261 e. The molecule has 1 atom stereocenters. The normalized spacial score (nSPS) is 14.8. The van der Waals surface area contributed by atoms with Gasteiger partial charge in [0, 0.05) is 22.6 Å². The fourth-order valence-corrected chi connectivity index (χ4v) is 4.59. The van der Waals surface area contributed by atoms with Crippen LogP contribution in [-0.2, 0) is 16.1 Å². The van der Waals surface area contributed by atoms with Gasteiger partial charge < -0.3 is 15.0 Å². The van der Waals surface area contributed by atoms with E-state index in [0.29, 0.717) is 20.3 Å². The number of rotatable bonds is 8. The Bertz CT molecular complexity index is 935. The quantitative estimate of drug-likeness (QED) is 0.485. The van der Waals surface area contributed by atoms with Gasteiger partial charge in [0.15, 0.2) is 6.61 Å². The Morgan fingerprint density at radius 3 is 2.58 bits per heavy atom. The Kier molecular flexibility index (Phi) is 8.64. The minimum atomic E-state index is -0.665. The zero-order valence-corrected chi connectivity index (χ0v) is 20.3. The first-order chi connectivity index (χ1) is 14.8. The highest BCUT2D eigenvalue weighted by molar-refractivity contribution is 9.10. The fourth-order valence-electron chi connectivity index (χ4n) is 3.60. The monoisotopic (exact) mass is 526 g/mol. The van der Waals surface area contributed by atoms with Crippen molar-refractivity contribution in [2.45, 2.75) is 51.2 Å². The van der Waals surface area contributed by atoms with E-state index < -0.39 is 6.04 Å². The van der Waals surface area contributed by atoms with Gasteiger partial charge in [-0.3, -0.25) is 9.59 Å². The number of benzene rings is 2. The zero-order valence-electron chi connectivity index (χ0n) is 17.2. The van der Waals surface area contributed by atoms with Crippen molar-refractivity contribution < 1.29 is 14.3 Å². The molecular weight excluding hydrogens is 503 g/mol. The molecule has 5 nitrogen and oxygen atoms in total. The van der Waals surface area contributed by atoms with Crippen LogP contribution >= 0.6 is 39.1 Å². The van der Waals surface area contributed by atoms with E-state index in [-0.39, 0.29) is 31.0 Å². The molecule has 0 unspecified atom stereocenters. The van der Waals surface area contributed by atoms with Gasteiger partial charge in [0.1, 0.15) is 11.8 Å². The van der Waals surface area contributed by atoms with Crippen LogP contribution < -0.4 is 10.1 Å². The Morgan fingerprint density at radius 1 is 1.19 bits per heavy atom. The summed E-state index contributed by atoms with van der Waals surface area (Å²) >= 11 is 15.7. The highest BCUT2D eigenvalue weighted by Gasteiger charge is 2.29. The van der Waals surface area contributed by atoms with Crippen molar-refractivity contribution in [3.05, 3.63) is 62.5 Å². The van der Waals surface area contributed by atoms with Gasteiger partial charge in [-0.05, 0) is 65.5 Å². The molecule has 2 amide bonds. The van der Waals surface area contributed by atoms with Gasteiger partial charge in [-0.1, -0.05) is 54.2 Å². The second-order valence-corrected chi connectivity index (χ2v) is 9.34. The van der Waals surface area contributed by atoms with E-state index in [1.807, 2.05) is 18.2 Å². The average Bonchev–Trinajstić information content (AvgIpc) is 3.25. The SMILES string of the molecule is C[C@@H](C(=O)NC1CCCC1)N(Cc1ccccc1Cl)C(=O)COc1ccc(Cl)cc1Br. The molecule has 0 spiro atoms. The number of hydrogen-bond donors (Lipinski definition) is 1. The van der Waals surface area contributed by atoms with Crippen LogP contribution in [0.4, 0.5) is 0 Å². The molecule has 1 N–H and O–H groups in total. The molecule has 8 heteroatoms. The second-order valence-electron chi connectivity index (χ2n) is 7.64. The molecule has 3 rings (SSSR count). The number of nitrogens with one attached hydrogen (secondary N) is 1. The van der Waals surface area contributed by atoms with E-state index in [0.717, 1.165) is 31.2 Å². The lowest BCUT2D eigenvalue weighted by molar-refractivity contribution is -0.142. The lowest BCUT2D eigenvalue weighted by Crippen LogP contribution is -2.50. The summed E-state index contributed by atoms with van der Waals surface area (Å²) in [5, 5.41) is 4.18. The van der Waals surface area contributed by atoms with E-state index in [4.69, 9.17) is 27.9 Å². The fraction of sp³-hybridized carbons (Fsp3) is 0.391. The number of hydrogen-bond acceptors (Lipinski definition) is 3. The maximum atomic E-state index is 13.1. The smallest absolute Gasteiger partial charge is 0.261 e. The van der Waals surface area contributed by atoms with Crippen LogP contribution in [0.25, 0.3) is 0 Å². The number of carbonyl (C=O) groups excluding carboxylic acids is 2. The van der Waals surface area contributed by atoms with Crippen molar-refractivity contribution in [2.24, 2.45) is 0 Å². The molecule has 31 heavy (non-hydrogen) atoms. The molecule has 1 aliphatic carbocycles. The van der Waals surface area contributed by atoms with Crippen LogP contribution in [-0.4, -0.2) is 35.4 Å². The summed E-state index contributed by atoms with van der Waals surface area (Å²) in [5.74, 6) is 0.0225. The van der Waals surface area contributed by atoms with Gasteiger partial charge in [-0.15, -0.1) is 0 Å². The van der Waals surface area contributed by atoms with Gasteiger partial charge in [-0.25, -0.2) is 0 Å². The molecule has 0 bridgehead atoms. The van der Waals surface area contributed by atoms with Crippen LogP contribution in [0.3, 0.4) is 0 Å². The molecule has 0 aromatic heterocycles. The molecule has 2 aromatic rings. The number of halogens is 3. The number of ether oxygens (including phenoxy) is 1. The van der Waals surface area contributed by atoms with Crippen molar-refractivity contribution in [1.82, 2.24) is 10.2 Å². The predicted octanol–water partition coefficient (Wildman–Crippen LogP) is 5.61. The first-order valence-electron chi connectivity index (χ1n) is 10.3. The third kappa shape index (κ3) is 6.61. The number of nitrogens with zero attached hydrogens (tertiary/aromatic N) is 1. The molecule has 0 saturated heterocycles. The highest BCUT2D eigenvalue weighted by atomic mass is 79.9. The zero-order chi connectivity index (χ0) is 22.4. The molecule has 0 heterocycles. The van der Waals surface area contributed by atoms with E-state index >= 15 is 0 Å². The van der Waals surface area contributed by atoms with E-state index in [2.05, 4.69) is 21.2 Å². The van der Waals surface area contributed by atoms with Crippen molar-refractivity contribution in [3.63, 3.8) is 0 Å². The molecule has 2 aromatic carbocycles. The summed E-state index contributed by atoms with van der Waals surface area (Å²) in [5.41, 5.74) is 0.769. The highest BCUT2D eigenvalue weighted by Crippen LogP contribution is 2.28. The molecule has 1 fully saturated rings. The second kappa shape index (κ2) is 11.2. The summed E-state index contributed by atoms with van der Waals surface area (Å²) in [6, 6.07) is 11.9. The largest absolute Gasteiger partial charge is 0.483 e. The van der Waals surface area contributed by atoms with Gasteiger partial charge in [0.05, 0.1) is 4.47 Å². The van der Waals surface area contributed by atoms with E-state index in [9.17, 15) is 9.59 Å². The van der Waals surface area contributed by atoms with Crippen LogP contribution in [0.15, 0.2) is 46.9 Å². The lowest BCUT2D eigenvalue weighted by Gasteiger charge is -2.30. The molecule has 0 aliphatic heterocycles. The summed E-state index contributed by atoms with van der Waals surface area (Å²) in [6.45, 7) is 1.73.